The number of aromatic nitrogens is 1. The van der Waals surface area contributed by atoms with E-state index in [0.29, 0.717) is 0 Å². The Kier molecular flexibility index (Phi) is 2.31. The summed E-state index contributed by atoms with van der Waals surface area (Å²) in [5.74, 6) is 0.813. The summed E-state index contributed by atoms with van der Waals surface area (Å²) < 4.78 is 5.31. The van der Waals surface area contributed by atoms with Gasteiger partial charge in [0.15, 0.2) is 0 Å². The number of aryl methyl sites for hydroxylation is 2. The quantitative estimate of drug-likeness (QED) is 0.739. The van der Waals surface area contributed by atoms with Crippen molar-refractivity contribution < 1.29 is 4.74 Å². The van der Waals surface area contributed by atoms with Crippen LogP contribution in [0.5, 0.6) is 5.75 Å². The number of hydrogen-bond donors (Lipinski definition) is 2. The van der Waals surface area contributed by atoms with Gasteiger partial charge in [-0.25, -0.2) is 0 Å². The molecule has 0 unspecified atom stereocenters. The summed E-state index contributed by atoms with van der Waals surface area (Å²) >= 11 is 0. The number of ether oxygens (including phenoxy) is 1. The molecule has 0 aliphatic rings. The molecule has 0 aliphatic heterocycles. The predicted molar refractivity (Wildman–Crippen MR) is 63.4 cm³/mol. The molecule has 0 saturated carbocycles. The smallest absolute Gasteiger partial charge is 0.144 e. The van der Waals surface area contributed by atoms with Gasteiger partial charge in [0.1, 0.15) is 5.75 Å². The van der Waals surface area contributed by atoms with Crippen LogP contribution in [0.3, 0.4) is 0 Å². The van der Waals surface area contributed by atoms with Crippen LogP contribution in [-0.4, -0.2) is 12.1 Å². The molecule has 0 fully saturated rings. The molecule has 0 saturated heterocycles. The summed E-state index contributed by atoms with van der Waals surface area (Å²) in [4.78, 5) is 3.38. The highest BCUT2D eigenvalue weighted by molar-refractivity contribution is 5.92. The topological polar surface area (TPSA) is 51.0 Å². The molecule has 2 rings (SSSR count). The Labute approximate surface area is 89.2 Å². The van der Waals surface area contributed by atoms with Crippen molar-refractivity contribution in [1.82, 2.24) is 4.98 Å². The molecular weight excluding hydrogens is 188 g/mol. The molecule has 0 radical (unpaired) electrons. The highest BCUT2D eigenvalue weighted by atomic mass is 16.5. The fourth-order valence-corrected chi connectivity index (χ4v) is 1.98. The summed E-state index contributed by atoms with van der Waals surface area (Å²) in [7, 11) is 1.66. The molecule has 15 heavy (non-hydrogen) atoms. The SMILES string of the molecule is CCc1[nH]c2c(OC)cc(N)cc2c1C. The second-order valence-corrected chi connectivity index (χ2v) is 3.73. The maximum atomic E-state index is 5.83. The van der Waals surface area contributed by atoms with E-state index in [0.717, 1.165) is 28.8 Å². The Morgan fingerprint density at radius 1 is 1.40 bits per heavy atom. The number of methoxy groups -OCH3 is 1. The van der Waals surface area contributed by atoms with E-state index in [9.17, 15) is 0 Å². The third kappa shape index (κ3) is 1.44. The van der Waals surface area contributed by atoms with Crippen molar-refractivity contribution in [3.8, 4) is 5.75 Å². The van der Waals surface area contributed by atoms with Gasteiger partial charge in [-0.15, -0.1) is 0 Å². The van der Waals surface area contributed by atoms with Crippen molar-refractivity contribution >= 4 is 16.6 Å². The second kappa shape index (κ2) is 3.50. The minimum absolute atomic E-state index is 0.740. The van der Waals surface area contributed by atoms with Gasteiger partial charge in [-0.05, 0) is 25.0 Å². The van der Waals surface area contributed by atoms with E-state index in [1.54, 1.807) is 7.11 Å². The fourth-order valence-electron chi connectivity index (χ4n) is 1.98. The number of nitrogens with two attached hydrogens (primary N) is 1. The molecule has 1 heterocycles. The third-order valence-corrected chi connectivity index (χ3v) is 2.83. The first-order valence-corrected chi connectivity index (χ1v) is 5.12. The van der Waals surface area contributed by atoms with Crippen LogP contribution in [0.4, 0.5) is 5.69 Å². The van der Waals surface area contributed by atoms with Gasteiger partial charge in [0.05, 0.1) is 12.6 Å². The maximum Gasteiger partial charge on any atom is 0.144 e. The van der Waals surface area contributed by atoms with Gasteiger partial charge in [0, 0.05) is 22.8 Å². The van der Waals surface area contributed by atoms with Crippen molar-refractivity contribution in [2.45, 2.75) is 20.3 Å². The van der Waals surface area contributed by atoms with Crippen molar-refractivity contribution in [2.75, 3.05) is 12.8 Å². The normalized spacial score (nSPS) is 10.9. The lowest BCUT2D eigenvalue weighted by Gasteiger charge is -2.03. The monoisotopic (exact) mass is 204 g/mol. The lowest BCUT2D eigenvalue weighted by Crippen LogP contribution is -1.89. The van der Waals surface area contributed by atoms with Crippen LogP contribution >= 0.6 is 0 Å². The van der Waals surface area contributed by atoms with Gasteiger partial charge in [0.2, 0.25) is 0 Å². The number of anilines is 1. The van der Waals surface area contributed by atoms with Gasteiger partial charge in [-0.1, -0.05) is 6.92 Å². The molecule has 3 N–H and O–H groups in total. The average Bonchev–Trinajstić information content (AvgIpc) is 2.55. The molecule has 1 aromatic heterocycles. The molecule has 80 valence electrons. The van der Waals surface area contributed by atoms with E-state index in [1.165, 1.54) is 11.3 Å². The first kappa shape index (κ1) is 9.90. The number of nitrogen functional groups attached to an aromatic ring is 1. The molecule has 3 heteroatoms. The lowest BCUT2D eigenvalue weighted by molar-refractivity contribution is 0.419. The molecular formula is C12H16N2O. The van der Waals surface area contributed by atoms with Gasteiger partial charge in [-0.2, -0.15) is 0 Å². The van der Waals surface area contributed by atoms with Gasteiger partial charge < -0.3 is 15.5 Å². The zero-order valence-electron chi connectivity index (χ0n) is 9.35. The molecule has 0 atom stereocenters. The van der Waals surface area contributed by atoms with Gasteiger partial charge in [-0.3, -0.25) is 0 Å². The molecule has 0 spiro atoms. The van der Waals surface area contributed by atoms with Gasteiger partial charge in [0.25, 0.3) is 0 Å². The fraction of sp³-hybridized carbons (Fsp3) is 0.333. The number of aromatic amines is 1. The first-order chi connectivity index (χ1) is 7.17. The van der Waals surface area contributed by atoms with Crippen molar-refractivity contribution in [1.29, 1.82) is 0 Å². The van der Waals surface area contributed by atoms with E-state index < -0.39 is 0 Å². The Bertz CT molecular complexity index is 500. The van der Waals surface area contributed by atoms with Crippen LogP contribution in [0, 0.1) is 6.92 Å². The van der Waals surface area contributed by atoms with Crippen LogP contribution in [0.15, 0.2) is 12.1 Å². The van der Waals surface area contributed by atoms with E-state index in [1.807, 2.05) is 12.1 Å². The number of benzene rings is 1. The Morgan fingerprint density at radius 2 is 2.13 bits per heavy atom. The Balaban J connectivity index is 2.81. The highest BCUT2D eigenvalue weighted by Crippen LogP contribution is 2.32. The average molecular weight is 204 g/mol. The van der Waals surface area contributed by atoms with Crippen LogP contribution in [0.25, 0.3) is 10.9 Å². The molecule has 1 aromatic carbocycles. The number of H-pyrrole nitrogens is 1. The molecule has 0 aliphatic carbocycles. The maximum absolute atomic E-state index is 5.83. The number of rotatable bonds is 2. The predicted octanol–water partition coefficient (Wildman–Crippen LogP) is 2.63. The zero-order valence-corrected chi connectivity index (χ0v) is 9.35. The third-order valence-electron chi connectivity index (χ3n) is 2.83. The van der Waals surface area contributed by atoms with E-state index in [-0.39, 0.29) is 0 Å². The van der Waals surface area contributed by atoms with Crippen molar-refractivity contribution in [3.05, 3.63) is 23.4 Å². The molecule has 2 aromatic rings. The summed E-state index contributed by atoms with van der Waals surface area (Å²) in [5.41, 5.74) is 10.1. The van der Waals surface area contributed by atoms with Crippen LogP contribution in [0.2, 0.25) is 0 Å². The second-order valence-electron chi connectivity index (χ2n) is 3.73. The van der Waals surface area contributed by atoms with E-state index in [2.05, 4.69) is 18.8 Å². The standard InChI is InChI=1S/C12H16N2O/c1-4-10-7(2)9-5-8(13)6-11(15-3)12(9)14-10/h5-6,14H,4,13H2,1-3H3. The number of nitrogens with one attached hydrogen (secondary N) is 1. The van der Waals surface area contributed by atoms with Crippen LogP contribution in [0.1, 0.15) is 18.2 Å². The van der Waals surface area contributed by atoms with Crippen LogP contribution < -0.4 is 10.5 Å². The molecule has 0 amide bonds. The van der Waals surface area contributed by atoms with Crippen molar-refractivity contribution in [2.24, 2.45) is 0 Å². The first-order valence-electron chi connectivity index (χ1n) is 5.12. The van der Waals surface area contributed by atoms with E-state index in [4.69, 9.17) is 10.5 Å². The Morgan fingerprint density at radius 3 is 2.73 bits per heavy atom. The minimum atomic E-state index is 0.740. The molecule has 0 bridgehead atoms. The Hall–Kier alpha value is -1.64. The summed E-state index contributed by atoms with van der Waals surface area (Å²) in [6, 6.07) is 3.83. The number of hydrogen-bond acceptors (Lipinski definition) is 2. The highest BCUT2D eigenvalue weighted by Gasteiger charge is 2.10. The van der Waals surface area contributed by atoms with Crippen molar-refractivity contribution in [3.63, 3.8) is 0 Å². The van der Waals surface area contributed by atoms with E-state index >= 15 is 0 Å². The van der Waals surface area contributed by atoms with Crippen LogP contribution in [-0.2, 0) is 6.42 Å². The zero-order chi connectivity index (χ0) is 11.0. The summed E-state index contributed by atoms with van der Waals surface area (Å²) in [6.07, 6.45) is 0.990. The largest absolute Gasteiger partial charge is 0.494 e. The lowest BCUT2D eigenvalue weighted by atomic mass is 10.1. The summed E-state index contributed by atoms with van der Waals surface area (Å²) in [5, 5.41) is 1.16. The van der Waals surface area contributed by atoms with Gasteiger partial charge >= 0.3 is 0 Å². The molecule has 3 nitrogen and oxygen atoms in total. The summed E-state index contributed by atoms with van der Waals surface area (Å²) in [6.45, 7) is 4.24. The minimum Gasteiger partial charge on any atom is -0.494 e. The number of fused-ring (bicyclic) bond motifs is 1.